The molecule has 1 aliphatic heterocycles. The Balaban J connectivity index is 1.56. The zero-order valence-electron chi connectivity index (χ0n) is 19.0. The van der Waals surface area contributed by atoms with Crippen molar-refractivity contribution in [3.8, 4) is 22.7 Å². The van der Waals surface area contributed by atoms with E-state index in [2.05, 4.69) is 28.2 Å². The van der Waals surface area contributed by atoms with Crippen LogP contribution in [-0.2, 0) is 6.54 Å². The SMILES string of the molecule is COc1ccc(-c2nn(-c3ccccc3C)cc2CN2CCC[C@H]2c2nonc2C)cc1F. The summed E-state index contributed by atoms with van der Waals surface area (Å²) in [4.78, 5) is 2.37. The molecule has 0 spiro atoms. The van der Waals surface area contributed by atoms with Crippen LogP contribution in [0, 0.1) is 19.7 Å². The highest BCUT2D eigenvalue weighted by Gasteiger charge is 2.31. The van der Waals surface area contributed by atoms with Crippen LogP contribution in [0.15, 0.2) is 53.3 Å². The Kier molecular flexibility index (Phi) is 5.68. The minimum atomic E-state index is -0.408. The van der Waals surface area contributed by atoms with Gasteiger partial charge in [-0.2, -0.15) is 5.10 Å². The van der Waals surface area contributed by atoms with E-state index in [9.17, 15) is 4.39 Å². The number of methoxy groups -OCH3 is 1. The first kappa shape index (κ1) is 21.3. The highest BCUT2D eigenvalue weighted by atomic mass is 19.1. The molecule has 5 rings (SSSR count). The Bertz CT molecular complexity index is 1280. The van der Waals surface area contributed by atoms with E-state index in [1.165, 1.54) is 13.2 Å². The first-order valence-corrected chi connectivity index (χ1v) is 11.1. The molecule has 170 valence electrons. The minimum Gasteiger partial charge on any atom is -0.494 e. The number of ether oxygens (including phenoxy) is 1. The van der Waals surface area contributed by atoms with Crippen molar-refractivity contribution in [2.75, 3.05) is 13.7 Å². The molecule has 3 heterocycles. The number of hydrogen-bond donors (Lipinski definition) is 0. The van der Waals surface area contributed by atoms with Crippen LogP contribution in [0.25, 0.3) is 16.9 Å². The van der Waals surface area contributed by atoms with Crippen molar-refractivity contribution >= 4 is 0 Å². The van der Waals surface area contributed by atoms with Gasteiger partial charge in [0.25, 0.3) is 0 Å². The average molecular weight is 448 g/mol. The zero-order valence-corrected chi connectivity index (χ0v) is 19.0. The summed E-state index contributed by atoms with van der Waals surface area (Å²) in [7, 11) is 1.46. The summed E-state index contributed by atoms with van der Waals surface area (Å²) in [5.74, 6) is -0.193. The number of halogens is 1. The van der Waals surface area contributed by atoms with Gasteiger partial charge in [0, 0.05) is 23.9 Å². The third-order valence-electron chi connectivity index (χ3n) is 6.32. The van der Waals surface area contributed by atoms with Gasteiger partial charge in [0.1, 0.15) is 11.4 Å². The molecule has 7 nitrogen and oxygen atoms in total. The molecule has 1 saturated heterocycles. The lowest BCUT2D eigenvalue weighted by Gasteiger charge is -2.22. The van der Waals surface area contributed by atoms with Crippen LogP contribution in [0.1, 0.15) is 41.4 Å². The fourth-order valence-corrected chi connectivity index (χ4v) is 4.61. The Morgan fingerprint density at radius 2 is 2.00 bits per heavy atom. The van der Waals surface area contributed by atoms with Gasteiger partial charge < -0.3 is 4.74 Å². The summed E-state index contributed by atoms with van der Waals surface area (Å²) in [5, 5.41) is 13.0. The molecule has 0 amide bonds. The Morgan fingerprint density at radius 3 is 2.73 bits per heavy atom. The van der Waals surface area contributed by atoms with E-state index in [4.69, 9.17) is 14.5 Å². The average Bonchev–Trinajstić information content (AvgIpc) is 3.54. The lowest BCUT2D eigenvalue weighted by Crippen LogP contribution is -2.23. The number of likely N-dealkylation sites (tertiary alicyclic amines) is 1. The maximum absolute atomic E-state index is 14.6. The van der Waals surface area contributed by atoms with Gasteiger partial charge in [-0.1, -0.05) is 28.5 Å². The third kappa shape index (κ3) is 4.02. The predicted molar refractivity (Wildman–Crippen MR) is 122 cm³/mol. The fraction of sp³-hybridized carbons (Fsp3) is 0.320. The molecule has 0 bridgehead atoms. The molecule has 8 heteroatoms. The number of aromatic nitrogens is 4. The van der Waals surface area contributed by atoms with Crippen molar-refractivity contribution in [2.45, 2.75) is 39.3 Å². The molecule has 4 aromatic rings. The van der Waals surface area contributed by atoms with Crippen molar-refractivity contribution < 1.29 is 13.8 Å². The molecule has 33 heavy (non-hydrogen) atoms. The Labute approximate surface area is 191 Å². The molecule has 2 aromatic heterocycles. The minimum absolute atomic E-state index is 0.138. The van der Waals surface area contributed by atoms with Gasteiger partial charge >= 0.3 is 0 Å². The molecule has 0 aliphatic carbocycles. The van der Waals surface area contributed by atoms with E-state index in [0.717, 1.165) is 53.3 Å². The van der Waals surface area contributed by atoms with E-state index < -0.39 is 5.82 Å². The zero-order chi connectivity index (χ0) is 22.9. The third-order valence-corrected chi connectivity index (χ3v) is 6.32. The first-order chi connectivity index (χ1) is 16.0. The normalized spacial score (nSPS) is 16.4. The van der Waals surface area contributed by atoms with E-state index in [1.54, 1.807) is 6.07 Å². The Hall–Kier alpha value is -3.52. The van der Waals surface area contributed by atoms with Crippen molar-refractivity contribution in [1.82, 2.24) is 25.0 Å². The number of para-hydroxylation sites is 1. The van der Waals surface area contributed by atoms with Crippen LogP contribution < -0.4 is 4.74 Å². The van der Waals surface area contributed by atoms with E-state index in [-0.39, 0.29) is 11.8 Å². The number of nitrogens with zero attached hydrogens (tertiary/aromatic N) is 5. The van der Waals surface area contributed by atoms with Gasteiger partial charge in [-0.15, -0.1) is 0 Å². The molecule has 1 fully saturated rings. The van der Waals surface area contributed by atoms with Gasteiger partial charge in [0.05, 0.1) is 24.5 Å². The smallest absolute Gasteiger partial charge is 0.165 e. The Morgan fingerprint density at radius 1 is 1.15 bits per heavy atom. The summed E-state index contributed by atoms with van der Waals surface area (Å²) in [5.41, 5.74) is 6.29. The quantitative estimate of drug-likeness (QED) is 0.413. The highest BCUT2D eigenvalue weighted by Crippen LogP contribution is 2.36. The van der Waals surface area contributed by atoms with Crippen molar-refractivity contribution in [3.63, 3.8) is 0 Å². The second-order valence-corrected chi connectivity index (χ2v) is 8.45. The summed E-state index contributed by atoms with van der Waals surface area (Å²) in [6.45, 7) is 5.57. The first-order valence-electron chi connectivity index (χ1n) is 11.1. The molecule has 0 unspecified atom stereocenters. The maximum atomic E-state index is 14.6. The number of benzene rings is 2. The second-order valence-electron chi connectivity index (χ2n) is 8.45. The van der Waals surface area contributed by atoms with E-state index >= 15 is 0 Å². The van der Waals surface area contributed by atoms with E-state index in [1.807, 2.05) is 42.1 Å². The fourth-order valence-electron chi connectivity index (χ4n) is 4.61. The monoisotopic (exact) mass is 447 g/mol. The lowest BCUT2D eigenvalue weighted by atomic mass is 10.1. The molecular formula is C25H26FN5O2. The number of aryl methyl sites for hydroxylation is 2. The van der Waals surface area contributed by atoms with Gasteiger partial charge in [-0.05, 0) is 63.1 Å². The van der Waals surface area contributed by atoms with Crippen molar-refractivity contribution in [2.24, 2.45) is 0 Å². The van der Waals surface area contributed by atoms with Crippen LogP contribution in [-0.4, -0.2) is 38.6 Å². The lowest BCUT2D eigenvalue weighted by molar-refractivity contribution is 0.231. The molecule has 1 atom stereocenters. The second kappa shape index (κ2) is 8.78. The van der Waals surface area contributed by atoms with Crippen molar-refractivity contribution in [1.29, 1.82) is 0 Å². The number of rotatable bonds is 6. The van der Waals surface area contributed by atoms with Gasteiger partial charge in [0.15, 0.2) is 11.6 Å². The maximum Gasteiger partial charge on any atom is 0.165 e. The van der Waals surface area contributed by atoms with E-state index in [0.29, 0.717) is 12.1 Å². The largest absolute Gasteiger partial charge is 0.494 e. The van der Waals surface area contributed by atoms with Crippen LogP contribution in [0.2, 0.25) is 0 Å². The molecular weight excluding hydrogens is 421 g/mol. The molecule has 2 aromatic carbocycles. The van der Waals surface area contributed by atoms with Crippen LogP contribution in [0.5, 0.6) is 5.75 Å². The van der Waals surface area contributed by atoms with Crippen LogP contribution in [0.4, 0.5) is 4.39 Å². The summed E-state index contributed by atoms with van der Waals surface area (Å²) in [6.07, 6.45) is 4.10. The van der Waals surface area contributed by atoms with Crippen LogP contribution >= 0.6 is 0 Å². The standard InChI is InChI=1S/C25H26FN5O2/c1-16-7-4-5-8-21(16)31-15-19(25(27-31)18-10-11-23(32-3)20(26)13-18)14-30-12-6-9-22(30)24-17(2)28-33-29-24/h4-5,7-8,10-11,13,15,22H,6,9,12,14H2,1-3H3/t22-/m0/s1. The van der Waals surface area contributed by atoms with Crippen molar-refractivity contribution in [3.05, 3.63) is 77.0 Å². The molecule has 0 radical (unpaired) electrons. The highest BCUT2D eigenvalue weighted by molar-refractivity contribution is 5.64. The summed E-state index contributed by atoms with van der Waals surface area (Å²) < 4.78 is 26.5. The van der Waals surface area contributed by atoms with Crippen LogP contribution in [0.3, 0.4) is 0 Å². The van der Waals surface area contributed by atoms with Gasteiger partial charge in [0.2, 0.25) is 0 Å². The predicted octanol–water partition coefficient (Wildman–Crippen LogP) is 5.02. The van der Waals surface area contributed by atoms with Gasteiger partial charge in [-0.25, -0.2) is 13.7 Å². The summed E-state index contributed by atoms with van der Waals surface area (Å²) in [6, 6.07) is 13.2. The molecule has 0 N–H and O–H groups in total. The number of hydrogen-bond acceptors (Lipinski definition) is 6. The molecule has 0 saturated carbocycles. The topological polar surface area (TPSA) is 69.2 Å². The molecule has 1 aliphatic rings. The summed E-state index contributed by atoms with van der Waals surface area (Å²) >= 11 is 0. The van der Waals surface area contributed by atoms with Gasteiger partial charge in [-0.3, -0.25) is 4.90 Å².